The molecule has 0 unspecified atom stereocenters. The van der Waals surface area contributed by atoms with Crippen molar-refractivity contribution in [1.29, 1.82) is 0 Å². The van der Waals surface area contributed by atoms with Crippen LogP contribution in [0.2, 0.25) is 0 Å². The number of rotatable bonds is 5. The fourth-order valence-corrected chi connectivity index (χ4v) is 5.32. The molecule has 1 atom stereocenters. The lowest BCUT2D eigenvalue weighted by molar-refractivity contribution is 0.590. The molecule has 1 aliphatic rings. The predicted molar refractivity (Wildman–Crippen MR) is 112 cm³/mol. The summed E-state index contributed by atoms with van der Waals surface area (Å²) in [5.74, 6) is 0. The SMILES string of the molecule is C[C@H]1Cc2cc(-c3csc(NNc4ccccc4)n3)ccc2N1S(C)(=O)=O. The summed E-state index contributed by atoms with van der Waals surface area (Å²) in [6.45, 7) is 1.93. The van der Waals surface area contributed by atoms with E-state index in [-0.39, 0.29) is 6.04 Å². The fraction of sp³-hybridized carbons (Fsp3) is 0.211. The van der Waals surface area contributed by atoms with Crippen LogP contribution in [0.25, 0.3) is 11.3 Å². The van der Waals surface area contributed by atoms with E-state index in [0.717, 1.165) is 33.3 Å². The van der Waals surface area contributed by atoms with Gasteiger partial charge in [0.2, 0.25) is 15.2 Å². The number of hydrazine groups is 1. The minimum atomic E-state index is -3.27. The minimum Gasteiger partial charge on any atom is -0.299 e. The molecular formula is C19H20N4O2S2. The van der Waals surface area contributed by atoms with E-state index >= 15 is 0 Å². The number of aromatic nitrogens is 1. The summed E-state index contributed by atoms with van der Waals surface area (Å²) in [7, 11) is -3.27. The molecule has 4 rings (SSSR count). The minimum absolute atomic E-state index is 0.0621. The molecule has 1 aliphatic heterocycles. The van der Waals surface area contributed by atoms with Crippen LogP contribution in [0.4, 0.5) is 16.5 Å². The van der Waals surface area contributed by atoms with Gasteiger partial charge >= 0.3 is 0 Å². The Balaban J connectivity index is 1.54. The lowest BCUT2D eigenvalue weighted by Gasteiger charge is -2.21. The van der Waals surface area contributed by atoms with Crippen molar-refractivity contribution in [3.05, 3.63) is 59.5 Å². The number of thiazole rings is 1. The molecule has 2 aromatic carbocycles. The second-order valence-electron chi connectivity index (χ2n) is 6.61. The first-order valence-electron chi connectivity index (χ1n) is 8.57. The number of fused-ring (bicyclic) bond motifs is 1. The molecule has 6 nitrogen and oxygen atoms in total. The Hall–Kier alpha value is -2.58. The summed E-state index contributed by atoms with van der Waals surface area (Å²) in [6, 6.07) is 15.6. The van der Waals surface area contributed by atoms with Gasteiger partial charge in [0.25, 0.3) is 0 Å². The number of hydrogen-bond acceptors (Lipinski definition) is 6. The van der Waals surface area contributed by atoms with E-state index in [9.17, 15) is 8.42 Å². The molecule has 27 heavy (non-hydrogen) atoms. The van der Waals surface area contributed by atoms with Gasteiger partial charge in [-0.05, 0) is 43.2 Å². The van der Waals surface area contributed by atoms with Gasteiger partial charge in [-0.15, -0.1) is 11.3 Å². The lowest BCUT2D eigenvalue weighted by Crippen LogP contribution is -2.34. The molecule has 1 aromatic heterocycles. The zero-order chi connectivity index (χ0) is 19.0. The average molecular weight is 401 g/mol. The van der Waals surface area contributed by atoms with E-state index in [1.807, 2.05) is 60.8 Å². The fourth-order valence-electron chi connectivity index (χ4n) is 3.38. The molecule has 0 saturated heterocycles. The first-order chi connectivity index (χ1) is 12.9. The summed E-state index contributed by atoms with van der Waals surface area (Å²) in [5, 5.41) is 2.75. The first-order valence-corrected chi connectivity index (χ1v) is 11.3. The highest BCUT2D eigenvalue weighted by atomic mass is 32.2. The highest BCUT2D eigenvalue weighted by molar-refractivity contribution is 7.92. The first kappa shape index (κ1) is 17.8. The van der Waals surface area contributed by atoms with Crippen molar-refractivity contribution in [2.45, 2.75) is 19.4 Å². The van der Waals surface area contributed by atoms with Crippen LogP contribution in [0.15, 0.2) is 53.9 Å². The molecule has 140 valence electrons. The molecule has 0 aliphatic carbocycles. The van der Waals surface area contributed by atoms with Crippen LogP contribution in [-0.4, -0.2) is 25.7 Å². The van der Waals surface area contributed by atoms with Crippen molar-refractivity contribution in [1.82, 2.24) is 4.98 Å². The highest BCUT2D eigenvalue weighted by Gasteiger charge is 2.32. The zero-order valence-electron chi connectivity index (χ0n) is 15.0. The van der Waals surface area contributed by atoms with E-state index < -0.39 is 10.0 Å². The number of hydrogen-bond donors (Lipinski definition) is 2. The van der Waals surface area contributed by atoms with Gasteiger partial charge in [-0.1, -0.05) is 24.3 Å². The van der Waals surface area contributed by atoms with Crippen molar-refractivity contribution < 1.29 is 8.42 Å². The van der Waals surface area contributed by atoms with Crippen molar-refractivity contribution in [2.75, 3.05) is 21.4 Å². The number of nitrogens with zero attached hydrogens (tertiary/aromatic N) is 2. The molecule has 3 aromatic rings. The van der Waals surface area contributed by atoms with Crippen molar-refractivity contribution in [3.8, 4) is 11.3 Å². The Morgan fingerprint density at radius 1 is 1.15 bits per heavy atom. The molecule has 0 amide bonds. The van der Waals surface area contributed by atoms with Gasteiger partial charge < -0.3 is 0 Å². The van der Waals surface area contributed by atoms with Crippen LogP contribution in [0.3, 0.4) is 0 Å². The van der Waals surface area contributed by atoms with Gasteiger partial charge in [-0.25, -0.2) is 13.4 Å². The standard InChI is InChI=1S/C19H20N4O2S2/c1-13-10-15-11-14(8-9-18(15)23(13)27(2,24)25)17-12-26-19(20-17)22-21-16-6-4-3-5-7-16/h3-9,11-13,21H,10H2,1-2H3,(H,20,22)/t13-/m0/s1. The Bertz CT molecular complexity index is 1060. The van der Waals surface area contributed by atoms with Crippen LogP contribution >= 0.6 is 11.3 Å². The van der Waals surface area contributed by atoms with Crippen LogP contribution in [-0.2, 0) is 16.4 Å². The van der Waals surface area contributed by atoms with Gasteiger partial charge in [0, 0.05) is 17.0 Å². The van der Waals surface area contributed by atoms with Gasteiger partial charge in [-0.2, -0.15) is 0 Å². The number of anilines is 3. The quantitative estimate of drug-likeness (QED) is 0.634. The van der Waals surface area contributed by atoms with Crippen LogP contribution in [0, 0.1) is 0 Å². The molecule has 0 radical (unpaired) electrons. The van der Waals surface area contributed by atoms with Crippen LogP contribution in [0.1, 0.15) is 12.5 Å². The van der Waals surface area contributed by atoms with Crippen molar-refractivity contribution >= 4 is 37.9 Å². The largest absolute Gasteiger partial charge is 0.299 e. The second-order valence-corrected chi connectivity index (χ2v) is 9.33. The molecule has 0 fully saturated rings. The van der Waals surface area contributed by atoms with Gasteiger partial charge in [0.05, 0.1) is 23.3 Å². The predicted octanol–water partition coefficient (Wildman–Crippen LogP) is 3.96. The monoisotopic (exact) mass is 400 g/mol. The number of benzene rings is 2. The third-order valence-electron chi connectivity index (χ3n) is 4.48. The zero-order valence-corrected chi connectivity index (χ0v) is 16.6. The smallest absolute Gasteiger partial charge is 0.232 e. The molecule has 2 heterocycles. The maximum atomic E-state index is 12.1. The maximum absolute atomic E-state index is 12.1. The topological polar surface area (TPSA) is 74.3 Å². The van der Waals surface area contributed by atoms with Gasteiger partial charge in [0.15, 0.2) is 0 Å². The molecule has 0 saturated carbocycles. The van der Waals surface area contributed by atoms with Crippen molar-refractivity contribution in [2.24, 2.45) is 0 Å². The molecule has 0 spiro atoms. The normalized spacial score (nSPS) is 16.2. The molecule has 0 bridgehead atoms. The van der Waals surface area contributed by atoms with E-state index in [1.165, 1.54) is 21.9 Å². The van der Waals surface area contributed by atoms with Gasteiger partial charge in [-0.3, -0.25) is 15.2 Å². The average Bonchev–Trinajstić information content (AvgIpc) is 3.23. The summed E-state index contributed by atoms with van der Waals surface area (Å²) >= 11 is 1.51. The Morgan fingerprint density at radius 3 is 2.67 bits per heavy atom. The molecular weight excluding hydrogens is 380 g/mol. The van der Waals surface area contributed by atoms with E-state index in [2.05, 4.69) is 15.8 Å². The van der Waals surface area contributed by atoms with E-state index in [1.54, 1.807) is 0 Å². The third-order valence-corrected chi connectivity index (χ3v) is 6.51. The number of para-hydroxylation sites is 1. The molecule has 2 N–H and O–H groups in total. The highest BCUT2D eigenvalue weighted by Crippen LogP contribution is 2.37. The Kier molecular flexibility index (Phi) is 4.53. The lowest BCUT2D eigenvalue weighted by atomic mass is 10.1. The summed E-state index contributed by atoms with van der Waals surface area (Å²) < 4.78 is 25.6. The van der Waals surface area contributed by atoms with Gasteiger partial charge in [0.1, 0.15) is 0 Å². The summed E-state index contributed by atoms with van der Waals surface area (Å²) in [6.07, 6.45) is 1.96. The molecule has 8 heteroatoms. The van der Waals surface area contributed by atoms with E-state index in [4.69, 9.17) is 0 Å². The van der Waals surface area contributed by atoms with Crippen LogP contribution < -0.4 is 15.2 Å². The van der Waals surface area contributed by atoms with E-state index in [0.29, 0.717) is 6.42 Å². The second kappa shape index (κ2) is 6.86. The Labute approximate surface area is 162 Å². The summed E-state index contributed by atoms with van der Waals surface area (Å²) in [5.41, 5.74) is 10.8. The third kappa shape index (κ3) is 3.63. The number of nitrogens with one attached hydrogen (secondary N) is 2. The number of sulfonamides is 1. The summed E-state index contributed by atoms with van der Waals surface area (Å²) in [4.78, 5) is 4.62. The van der Waals surface area contributed by atoms with Crippen LogP contribution in [0.5, 0.6) is 0 Å². The maximum Gasteiger partial charge on any atom is 0.232 e. The Morgan fingerprint density at radius 2 is 1.93 bits per heavy atom. The van der Waals surface area contributed by atoms with Crippen molar-refractivity contribution in [3.63, 3.8) is 0 Å².